The number of benzene rings is 2. The van der Waals surface area contributed by atoms with Crippen LogP contribution in [0.1, 0.15) is 24.1 Å². The fourth-order valence-electron chi connectivity index (χ4n) is 1.97. The zero-order valence-electron chi connectivity index (χ0n) is 12.0. The van der Waals surface area contributed by atoms with Crippen molar-refractivity contribution >= 4 is 0 Å². The summed E-state index contributed by atoms with van der Waals surface area (Å²) in [7, 11) is 1.73. The average molecular weight is 295 g/mol. The van der Waals surface area contributed by atoms with Gasteiger partial charge in [-0.2, -0.15) is 0 Å². The monoisotopic (exact) mass is 295 g/mol. The van der Waals surface area contributed by atoms with Gasteiger partial charge in [0.25, 0.3) is 0 Å². The van der Waals surface area contributed by atoms with E-state index in [1.165, 1.54) is 12.1 Å². The Morgan fingerprint density at radius 1 is 1.00 bits per heavy atom. The van der Waals surface area contributed by atoms with Crippen LogP contribution in [-0.4, -0.2) is 7.05 Å². The molecule has 0 saturated carbocycles. The summed E-state index contributed by atoms with van der Waals surface area (Å²) >= 11 is 0. The van der Waals surface area contributed by atoms with Crippen LogP contribution >= 0.6 is 0 Å². The fourth-order valence-corrected chi connectivity index (χ4v) is 1.97. The summed E-state index contributed by atoms with van der Waals surface area (Å²) in [5.41, 5.74) is 0.971. The second-order valence-electron chi connectivity index (χ2n) is 4.86. The average Bonchev–Trinajstić information content (AvgIpc) is 2.40. The molecule has 112 valence electrons. The van der Waals surface area contributed by atoms with Gasteiger partial charge in [0, 0.05) is 29.8 Å². The third kappa shape index (κ3) is 3.55. The van der Waals surface area contributed by atoms with E-state index in [2.05, 4.69) is 5.32 Å². The Morgan fingerprint density at radius 2 is 1.62 bits per heavy atom. The first-order valence-corrected chi connectivity index (χ1v) is 6.52. The van der Waals surface area contributed by atoms with Gasteiger partial charge in [0.15, 0.2) is 0 Å². The summed E-state index contributed by atoms with van der Waals surface area (Å²) in [5.74, 6) is -1.42. The van der Waals surface area contributed by atoms with Gasteiger partial charge in [-0.25, -0.2) is 13.2 Å². The highest BCUT2D eigenvalue weighted by molar-refractivity contribution is 5.43. The van der Waals surface area contributed by atoms with Gasteiger partial charge in [0.05, 0.1) is 0 Å². The van der Waals surface area contributed by atoms with Crippen LogP contribution in [0, 0.1) is 24.4 Å². The highest BCUT2D eigenvalue weighted by Gasteiger charge is 2.15. The summed E-state index contributed by atoms with van der Waals surface area (Å²) in [6, 6.07) is 5.63. The molecule has 0 spiro atoms. The number of aryl methyl sites for hydroxylation is 1. The molecule has 2 aromatic rings. The summed E-state index contributed by atoms with van der Waals surface area (Å²) in [4.78, 5) is 0. The highest BCUT2D eigenvalue weighted by atomic mass is 19.1. The van der Waals surface area contributed by atoms with E-state index in [-0.39, 0.29) is 17.6 Å². The van der Waals surface area contributed by atoms with Crippen molar-refractivity contribution in [2.24, 2.45) is 0 Å². The maximum Gasteiger partial charge on any atom is 0.133 e. The molecule has 0 radical (unpaired) electrons. The summed E-state index contributed by atoms with van der Waals surface area (Å²) in [5, 5.41) is 2.98. The van der Waals surface area contributed by atoms with Crippen molar-refractivity contribution in [1.29, 1.82) is 0 Å². The van der Waals surface area contributed by atoms with Crippen LogP contribution in [-0.2, 0) is 0 Å². The quantitative estimate of drug-likeness (QED) is 0.897. The second-order valence-corrected chi connectivity index (χ2v) is 4.86. The predicted octanol–water partition coefficient (Wildman–Crippen LogP) is 4.49. The van der Waals surface area contributed by atoms with E-state index in [0.29, 0.717) is 16.9 Å². The molecule has 2 aromatic carbocycles. The SMILES string of the molecule is CNC(C)c1cc(F)c(C)cc1Oc1cc(F)cc(F)c1. The molecular weight excluding hydrogens is 279 g/mol. The molecule has 5 heteroatoms. The van der Waals surface area contributed by atoms with Crippen molar-refractivity contribution in [2.45, 2.75) is 19.9 Å². The van der Waals surface area contributed by atoms with Gasteiger partial charge in [-0.1, -0.05) is 0 Å². The van der Waals surface area contributed by atoms with E-state index in [0.717, 1.165) is 18.2 Å². The number of halogens is 3. The molecule has 0 saturated heterocycles. The minimum Gasteiger partial charge on any atom is -0.457 e. The molecule has 21 heavy (non-hydrogen) atoms. The summed E-state index contributed by atoms with van der Waals surface area (Å²) in [6.45, 7) is 3.44. The Kier molecular flexibility index (Phi) is 4.53. The van der Waals surface area contributed by atoms with Crippen molar-refractivity contribution in [1.82, 2.24) is 5.32 Å². The van der Waals surface area contributed by atoms with E-state index in [4.69, 9.17) is 4.74 Å². The molecular formula is C16H16F3NO. The highest BCUT2D eigenvalue weighted by Crippen LogP contribution is 2.32. The van der Waals surface area contributed by atoms with Crippen molar-refractivity contribution in [3.63, 3.8) is 0 Å². The third-order valence-electron chi connectivity index (χ3n) is 3.25. The van der Waals surface area contributed by atoms with Crippen molar-refractivity contribution in [3.8, 4) is 11.5 Å². The minimum absolute atomic E-state index is 0.0306. The Bertz CT molecular complexity index is 638. The van der Waals surface area contributed by atoms with E-state index in [1.54, 1.807) is 14.0 Å². The number of nitrogens with one attached hydrogen (secondary N) is 1. The molecule has 1 N–H and O–H groups in total. The first-order valence-electron chi connectivity index (χ1n) is 6.52. The van der Waals surface area contributed by atoms with Gasteiger partial charge in [0.2, 0.25) is 0 Å². The molecule has 0 bridgehead atoms. The Balaban J connectivity index is 2.44. The molecule has 0 aliphatic carbocycles. The van der Waals surface area contributed by atoms with Crippen LogP contribution in [0.2, 0.25) is 0 Å². The van der Waals surface area contributed by atoms with Crippen molar-refractivity contribution < 1.29 is 17.9 Å². The molecule has 2 rings (SSSR count). The van der Waals surface area contributed by atoms with Crippen LogP contribution in [0.25, 0.3) is 0 Å². The van der Waals surface area contributed by atoms with Crippen LogP contribution < -0.4 is 10.1 Å². The van der Waals surface area contributed by atoms with Crippen molar-refractivity contribution in [3.05, 3.63) is 58.9 Å². The number of rotatable bonds is 4. The molecule has 2 nitrogen and oxygen atoms in total. The largest absolute Gasteiger partial charge is 0.457 e. The van der Waals surface area contributed by atoms with Crippen LogP contribution in [0.4, 0.5) is 13.2 Å². The number of hydrogen-bond acceptors (Lipinski definition) is 2. The molecule has 0 aliphatic rings. The first kappa shape index (κ1) is 15.4. The van der Waals surface area contributed by atoms with E-state index in [9.17, 15) is 13.2 Å². The van der Waals surface area contributed by atoms with Crippen LogP contribution in [0.15, 0.2) is 30.3 Å². The van der Waals surface area contributed by atoms with E-state index >= 15 is 0 Å². The Morgan fingerprint density at radius 3 is 2.19 bits per heavy atom. The van der Waals surface area contributed by atoms with Crippen LogP contribution in [0.5, 0.6) is 11.5 Å². The normalized spacial score (nSPS) is 12.3. The summed E-state index contributed by atoms with van der Waals surface area (Å²) in [6.07, 6.45) is 0. The molecule has 0 fully saturated rings. The van der Waals surface area contributed by atoms with Gasteiger partial charge in [-0.05, 0) is 38.6 Å². The molecule has 1 atom stereocenters. The van der Waals surface area contributed by atoms with E-state index < -0.39 is 11.6 Å². The van der Waals surface area contributed by atoms with Gasteiger partial charge in [-0.3, -0.25) is 0 Å². The smallest absolute Gasteiger partial charge is 0.133 e. The van der Waals surface area contributed by atoms with Gasteiger partial charge >= 0.3 is 0 Å². The molecule has 0 heterocycles. The second kappa shape index (κ2) is 6.18. The number of hydrogen-bond donors (Lipinski definition) is 1. The molecule has 0 aliphatic heterocycles. The Labute approximate surface area is 121 Å². The standard InChI is InChI=1S/C16H16F3NO/c1-9-4-16(14(8-15(9)19)10(2)20-3)21-13-6-11(17)5-12(18)7-13/h4-8,10,20H,1-3H3. The lowest BCUT2D eigenvalue weighted by atomic mass is 10.0. The maximum atomic E-state index is 13.7. The third-order valence-corrected chi connectivity index (χ3v) is 3.25. The predicted molar refractivity (Wildman–Crippen MR) is 75.0 cm³/mol. The lowest BCUT2D eigenvalue weighted by molar-refractivity contribution is 0.451. The first-order chi connectivity index (χ1) is 9.90. The zero-order valence-corrected chi connectivity index (χ0v) is 12.0. The Hall–Kier alpha value is -2.01. The lowest BCUT2D eigenvalue weighted by Crippen LogP contribution is -2.13. The molecule has 0 aromatic heterocycles. The number of ether oxygens (including phenoxy) is 1. The fraction of sp³-hybridized carbons (Fsp3) is 0.250. The maximum absolute atomic E-state index is 13.7. The van der Waals surface area contributed by atoms with Crippen molar-refractivity contribution in [2.75, 3.05) is 7.05 Å². The van der Waals surface area contributed by atoms with Crippen LogP contribution in [0.3, 0.4) is 0 Å². The molecule has 0 amide bonds. The van der Waals surface area contributed by atoms with Gasteiger partial charge < -0.3 is 10.1 Å². The van der Waals surface area contributed by atoms with Gasteiger partial charge in [-0.15, -0.1) is 0 Å². The minimum atomic E-state index is -0.730. The zero-order chi connectivity index (χ0) is 15.6. The van der Waals surface area contributed by atoms with E-state index in [1.807, 2.05) is 6.92 Å². The topological polar surface area (TPSA) is 21.3 Å². The summed E-state index contributed by atoms with van der Waals surface area (Å²) < 4.78 is 45.7. The van der Waals surface area contributed by atoms with Gasteiger partial charge in [0.1, 0.15) is 29.0 Å². The lowest BCUT2D eigenvalue weighted by Gasteiger charge is -2.17. The molecule has 1 unspecified atom stereocenters.